The lowest BCUT2D eigenvalue weighted by molar-refractivity contribution is -0.157. The Morgan fingerprint density at radius 2 is 2.07 bits per heavy atom. The zero-order chi connectivity index (χ0) is 21.1. The lowest BCUT2D eigenvalue weighted by Crippen LogP contribution is -2.54. The molecule has 0 bridgehead atoms. The molecule has 1 aliphatic rings. The van der Waals surface area contributed by atoms with Crippen LogP contribution >= 0.6 is 15.9 Å². The van der Waals surface area contributed by atoms with Crippen molar-refractivity contribution in [2.24, 2.45) is 5.41 Å². The highest BCUT2D eigenvalue weighted by molar-refractivity contribution is 9.10. The molecule has 0 spiro atoms. The van der Waals surface area contributed by atoms with E-state index in [1.807, 2.05) is 27.7 Å². The predicted molar refractivity (Wildman–Crippen MR) is 106 cm³/mol. The van der Waals surface area contributed by atoms with Gasteiger partial charge in [-0.05, 0) is 68.1 Å². The van der Waals surface area contributed by atoms with Crippen LogP contribution in [0.25, 0.3) is 0 Å². The summed E-state index contributed by atoms with van der Waals surface area (Å²) in [4.78, 5) is 31.2. The molecule has 2 heterocycles. The van der Waals surface area contributed by atoms with E-state index in [0.717, 1.165) is 0 Å². The van der Waals surface area contributed by atoms with Crippen LogP contribution in [0.3, 0.4) is 0 Å². The van der Waals surface area contributed by atoms with Crippen molar-refractivity contribution in [3.8, 4) is 0 Å². The van der Waals surface area contributed by atoms with Crippen molar-refractivity contribution >= 4 is 28.0 Å². The first-order valence-corrected chi connectivity index (χ1v) is 10.2. The molecule has 1 saturated heterocycles. The van der Waals surface area contributed by atoms with E-state index in [2.05, 4.69) is 20.9 Å². The number of likely N-dealkylation sites (tertiary alicyclic amines) is 1. The first-order chi connectivity index (χ1) is 13.0. The van der Waals surface area contributed by atoms with E-state index in [-0.39, 0.29) is 18.2 Å². The summed E-state index contributed by atoms with van der Waals surface area (Å²) in [7, 11) is 1.33. The summed E-state index contributed by atoms with van der Waals surface area (Å²) >= 11 is 3.25. The van der Waals surface area contributed by atoms with E-state index in [1.165, 1.54) is 19.2 Å². The van der Waals surface area contributed by atoms with Gasteiger partial charge in [-0.1, -0.05) is 6.92 Å². The zero-order valence-corrected chi connectivity index (χ0v) is 18.6. The van der Waals surface area contributed by atoms with E-state index in [4.69, 9.17) is 9.47 Å². The van der Waals surface area contributed by atoms with E-state index in [1.54, 1.807) is 4.90 Å². The molecule has 1 amide bonds. The van der Waals surface area contributed by atoms with Crippen molar-refractivity contribution in [2.45, 2.75) is 65.0 Å². The number of carbonyl (C=O) groups is 2. The lowest BCUT2D eigenvalue weighted by Gasteiger charge is -2.44. The van der Waals surface area contributed by atoms with Gasteiger partial charge in [0, 0.05) is 19.0 Å². The quantitative estimate of drug-likeness (QED) is 0.490. The minimum absolute atomic E-state index is 0.115. The standard InChI is InChI=1S/C20H28BrFN2O4/c1-6-13-11-20(17(25)27-5,12-15-14(22)7-8-16(21)23-15)9-10-24(13)18(26)28-19(2,3)4/h7-8,13H,6,9-12H2,1-5H3. The summed E-state index contributed by atoms with van der Waals surface area (Å²) in [5, 5.41) is 0. The molecule has 0 radical (unpaired) electrons. The third-order valence-electron chi connectivity index (χ3n) is 5.01. The Morgan fingerprint density at radius 1 is 1.39 bits per heavy atom. The van der Waals surface area contributed by atoms with Crippen molar-refractivity contribution in [2.75, 3.05) is 13.7 Å². The molecule has 1 aromatic heterocycles. The van der Waals surface area contributed by atoms with Crippen molar-refractivity contribution in [3.63, 3.8) is 0 Å². The molecule has 28 heavy (non-hydrogen) atoms. The van der Waals surface area contributed by atoms with Gasteiger partial charge >= 0.3 is 12.1 Å². The SMILES string of the molecule is CCC1CC(Cc2nc(Br)ccc2F)(C(=O)OC)CCN1C(=O)OC(C)(C)C. The van der Waals surface area contributed by atoms with Crippen LogP contribution in [0.15, 0.2) is 16.7 Å². The molecular formula is C20H28BrFN2O4. The molecule has 2 atom stereocenters. The first kappa shape index (κ1) is 22.6. The molecule has 1 aromatic rings. The molecule has 2 unspecified atom stereocenters. The number of carbonyl (C=O) groups excluding carboxylic acids is 2. The number of piperidine rings is 1. The monoisotopic (exact) mass is 458 g/mol. The zero-order valence-electron chi connectivity index (χ0n) is 17.1. The van der Waals surface area contributed by atoms with Gasteiger partial charge in [0.25, 0.3) is 0 Å². The van der Waals surface area contributed by atoms with Crippen LogP contribution in [0.1, 0.15) is 52.7 Å². The van der Waals surface area contributed by atoms with Gasteiger partial charge in [0.1, 0.15) is 16.0 Å². The van der Waals surface area contributed by atoms with E-state index in [9.17, 15) is 14.0 Å². The van der Waals surface area contributed by atoms with Crippen LogP contribution in [-0.2, 0) is 20.7 Å². The maximum absolute atomic E-state index is 14.3. The number of nitrogens with zero attached hydrogens (tertiary/aromatic N) is 2. The number of esters is 1. The molecule has 2 rings (SSSR count). The summed E-state index contributed by atoms with van der Waals surface area (Å²) in [6.07, 6.45) is 1.08. The van der Waals surface area contributed by atoms with Crippen molar-refractivity contribution < 1.29 is 23.5 Å². The molecule has 0 N–H and O–H groups in total. The third kappa shape index (κ3) is 5.21. The van der Waals surface area contributed by atoms with Crippen LogP contribution in [0.4, 0.5) is 9.18 Å². The molecule has 0 saturated carbocycles. The first-order valence-electron chi connectivity index (χ1n) is 9.40. The Balaban J connectivity index is 2.30. The Bertz CT molecular complexity index is 737. The molecular weight excluding hydrogens is 431 g/mol. The summed E-state index contributed by atoms with van der Waals surface area (Å²) in [6, 6.07) is 2.63. The van der Waals surface area contributed by atoms with E-state index >= 15 is 0 Å². The average Bonchev–Trinajstić information content (AvgIpc) is 2.62. The topological polar surface area (TPSA) is 68.7 Å². The fraction of sp³-hybridized carbons (Fsp3) is 0.650. The highest BCUT2D eigenvalue weighted by Gasteiger charge is 2.48. The van der Waals surface area contributed by atoms with Crippen LogP contribution in [0, 0.1) is 11.2 Å². The van der Waals surface area contributed by atoms with Crippen molar-refractivity contribution in [3.05, 3.63) is 28.2 Å². The fourth-order valence-corrected chi connectivity index (χ4v) is 3.99. The van der Waals surface area contributed by atoms with Gasteiger partial charge in [0.05, 0.1) is 18.2 Å². The van der Waals surface area contributed by atoms with Gasteiger partial charge in [-0.25, -0.2) is 14.2 Å². The molecule has 156 valence electrons. The minimum Gasteiger partial charge on any atom is -0.469 e. The number of rotatable bonds is 4. The maximum atomic E-state index is 14.3. The Morgan fingerprint density at radius 3 is 2.64 bits per heavy atom. The molecule has 6 nitrogen and oxygen atoms in total. The minimum atomic E-state index is -0.942. The highest BCUT2D eigenvalue weighted by atomic mass is 79.9. The van der Waals surface area contributed by atoms with Crippen molar-refractivity contribution in [1.29, 1.82) is 0 Å². The smallest absolute Gasteiger partial charge is 0.410 e. The number of aromatic nitrogens is 1. The maximum Gasteiger partial charge on any atom is 0.410 e. The second-order valence-electron chi connectivity index (χ2n) is 8.20. The lowest BCUT2D eigenvalue weighted by atomic mass is 9.71. The second kappa shape index (κ2) is 8.76. The summed E-state index contributed by atoms with van der Waals surface area (Å²) in [6.45, 7) is 7.73. The Hall–Kier alpha value is -1.70. The third-order valence-corrected chi connectivity index (χ3v) is 5.45. The molecule has 0 aromatic carbocycles. The van der Waals surface area contributed by atoms with Gasteiger partial charge in [-0.3, -0.25) is 4.79 Å². The number of pyridine rings is 1. The number of halogens is 2. The number of methoxy groups -OCH3 is 1. The molecule has 8 heteroatoms. The van der Waals surface area contributed by atoms with Crippen molar-refractivity contribution in [1.82, 2.24) is 9.88 Å². The van der Waals surface area contributed by atoms with E-state index in [0.29, 0.717) is 30.4 Å². The summed E-state index contributed by atoms with van der Waals surface area (Å²) < 4.78 is 25.4. The summed E-state index contributed by atoms with van der Waals surface area (Å²) in [5.41, 5.74) is -1.33. The van der Waals surface area contributed by atoms with Gasteiger partial charge in [-0.2, -0.15) is 0 Å². The van der Waals surface area contributed by atoms with Crippen LogP contribution < -0.4 is 0 Å². The second-order valence-corrected chi connectivity index (χ2v) is 9.01. The van der Waals surface area contributed by atoms with Crippen LogP contribution in [0.2, 0.25) is 0 Å². The molecule has 1 aliphatic heterocycles. The van der Waals surface area contributed by atoms with E-state index < -0.39 is 28.9 Å². The Labute approximate surface area is 173 Å². The predicted octanol–water partition coefficient (Wildman–Crippen LogP) is 4.49. The highest BCUT2D eigenvalue weighted by Crippen LogP contribution is 2.41. The fourth-order valence-electron chi connectivity index (χ4n) is 3.64. The largest absolute Gasteiger partial charge is 0.469 e. The number of hydrogen-bond donors (Lipinski definition) is 0. The number of ether oxygens (including phenoxy) is 2. The summed E-state index contributed by atoms with van der Waals surface area (Å²) in [5.74, 6) is -0.870. The normalized spacial score (nSPS) is 22.7. The molecule has 1 fully saturated rings. The Kier molecular flexibility index (Phi) is 7.07. The molecule has 0 aliphatic carbocycles. The van der Waals surface area contributed by atoms with Gasteiger partial charge in [0.15, 0.2) is 0 Å². The van der Waals surface area contributed by atoms with Gasteiger partial charge in [-0.15, -0.1) is 0 Å². The number of amides is 1. The van der Waals surface area contributed by atoms with Crippen LogP contribution in [0.5, 0.6) is 0 Å². The number of hydrogen-bond acceptors (Lipinski definition) is 5. The van der Waals surface area contributed by atoms with Gasteiger partial charge < -0.3 is 14.4 Å². The average molecular weight is 459 g/mol. The van der Waals surface area contributed by atoms with Crippen LogP contribution in [-0.4, -0.2) is 47.2 Å². The van der Waals surface area contributed by atoms with Gasteiger partial charge in [0.2, 0.25) is 0 Å².